The molecule has 98 valence electrons. The third-order valence-corrected chi connectivity index (χ3v) is 2.66. The van der Waals surface area contributed by atoms with Gasteiger partial charge in [0, 0.05) is 31.7 Å². The number of aromatic amines is 1. The average molecular weight is 258 g/mol. The van der Waals surface area contributed by atoms with E-state index < -0.39 is 0 Å². The summed E-state index contributed by atoms with van der Waals surface area (Å²) in [6.07, 6.45) is 5.84. The lowest BCUT2D eigenvalue weighted by molar-refractivity contribution is 0.0746. The van der Waals surface area contributed by atoms with Crippen LogP contribution in [0.1, 0.15) is 23.0 Å². The zero-order valence-electron chi connectivity index (χ0n) is 10.5. The Bertz CT molecular complexity index is 589. The fourth-order valence-corrected chi connectivity index (χ4v) is 1.66. The average Bonchev–Trinajstić information content (AvgIpc) is 2.46. The number of rotatable bonds is 4. The fourth-order valence-electron chi connectivity index (χ4n) is 1.66. The highest BCUT2D eigenvalue weighted by molar-refractivity contribution is 5.91. The van der Waals surface area contributed by atoms with E-state index in [9.17, 15) is 9.59 Å². The van der Waals surface area contributed by atoms with Crippen LogP contribution in [0.25, 0.3) is 0 Å². The van der Waals surface area contributed by atoms with Gasteiger partial charge in [-0.2, -0.15) is 0 Å². The standard InChI is InChI=1S/C13H14N4O2/c1-2-17(9-10-4-3-5-14-6-10)13(19)11-7-16-12(18)8-15-11/h3-8H,2,9H2,1H3,(H,16,18). The van der Waals surface area contributed by atoms with E-state index >= 15 is 0 Å². The Labute approximate surface area is 110 Å². The largest absolute Gasteiger partial charge is 0.333 e. The molecule has 0 fully saturated rings. The van der Waals surface area contributed by atoms with Crippen LogP contribution in [-0.2, 0) is 6.54 Å². The number of hydrogen-bond acceptors (Lipinski definition) is 4. The zero-order valence-corrected chi connectivity index (χ0v) is 10.5. The Morgan fingerprint density at radius 1 is 1.42 bits per heavy atom. The Balaban J connectivity index is 2.15. The molecular weight excluding hydrogens is 244 g/mol. The molecule has 2 rings (SSSR count). The smallest absolute Gasteiger partial charge is 0.274 e. The summed E-state index contributed by atoms with van der Waals surface area (Å²) in [5.41, 5.74) is 0.847. The van der Waals surface area contributed by atoms with E-state index in [0.29, 0.717) is 13.1 Å². The van der Waals surface area contributed by atoms with E-state index in [2.05, 4.69) is 15.0 Å². The highest BCUT2D eigenvalue weighted by Crippen LogP contribution is 2.06. The summed E-state index contributed by atoms with van der Waals surface area (Å²) in [5, 5.41) is 0. The van der Waals surface area contributed by atoms with Gasteiger partial charge in [0.2, 0.25) is 0 Å². The number of amides is 1. The second-order valence-electron chi connectivity index (χ2n) is 3.98. The molecule has 2 aromatic heterocycles. The van der Waals surface area contributed by atoms with E-state index in [1.54, 1.807) is 17.3 Å². The van der Waals surface area contributed by atoms with Gasteiger partial charge in [0.1, 0.15) is 5.69 Å². The molecule has 0 aliphatic rings. The van der Waals surface area contributed by atoms with E-state index in [0.717, 1.165) is 11.8 Å². The molecule has 0 aromatic carbocycles. The molecule has 0 aliphatic carbocycles. The number of pyridine rings is 1. The molecule has 2 aromatic rings. The van der Waals surface area contributed by atoms with Crippen molar-refractivity contribution in [2.75, 3.05) is 6.54 Å². The van der Waals surface area contributed by atoms with E-state index in [-0.39, 0.29) is 17.2 Å². The van der Waals surface area contributed by atoms with Crippen LogP contribution in [0.15, 0.2) is 41.7 Å². The molecule has 0 spiro atoms. The van der Waals surface area contributed by atoms with Crippen molar-refractivity contribution in [1.82, 2.24) is 19.9 Å². The second-order valence-corrected chi connectivity index (χ2v) is 3.98. The molecule has 6 heteroatoms. The van der Waals surface area contributed by atoms with Crippen LogP contribution in [0.4, 0.5) is 0 Å². The normalized spacial score (nSPS) is 10.2. The van der Waals surface area contributed by atoms with Crippen LogP contribution in [0.5, 0.6) is 0 Å². The first-order chi connectivity index (χ1) is 9.20. The number of aromatic nitrogens is 3. The number of H-pyrrole nitrogens is 1. The highest BCUT2D eigenvalue weighted by Gasteiger charge is 2.15. The number of carbonyl (C=O) groups is 1. The fraction of sp³-hybridized carbons (Fsp3) is 0.231. The third-order valence-electron chi connectivity index (χ3n) is 2.66. The van der Waals surface area contributed by atoms with Crippen molar-refractivity contribution in [2.45, 2.75) is 13.5 Å². The first-order valence-electron chi connectivity index (χ1n) is 5.93. The summed E-state index contributed by atoms with van der Waals surface area (Å²) in [5.74, 6) is -0.220. The van der Waals surface area contributed by atoms with Crippen LogP contribution >= 0.6 is 0 Å². The van der Waals surface area contributed by atoms with Crippen molar-refractivity contribution in [3.05, 3.63) is 58.5 Å². The lowest BCUT2D eigenvalue weighted by Gasteiger charge is -2.20. The molecule has 1 N–H and O–H groups in total. The van der Waals surface area contributed by atoms with Crippen molar-refractivity contribution < 1.29 is 4.79 Å². The van der Waals surface area contributed by atoms with Gasteiger partial charge in [-0.3, -0.25) is 14.6 Å². The van der Waals surface area contributed by atoms with Gasteiger partial charge < -0.3 is 9.88 Å². The van der Waals surface area contributed by atoms with Crippen molar-refractivity contribution in [2.24, 2.45) is 0 Å². The van der Waals surface area contributed by atoms with E-state index in [4.69, 9.17) is 0 Å². The van der Waals surface area contributed by atoms with Gasteiger partial charge in [-0.15, -0.1) is 0 Å². The minimum Gasteiger partial charge on any atom is -0.333 e. The first-order valence-corrected chi connectivity index (χ1v) is 5.93. The van der Waals surface area contributed by atoms with Crippen LogP contribution in [0, 0.1) is 0 Å². The lowest BCUT2D eigenvalue weighted by atomic mass is 10.2. The quantitative estimate of drug-likeness (QED) is 0.880. The Morgan fingerprint density at radius 2 is 2.26 bits per heavy atom. The van der Waals surface area contributed by atoms with Crippen LogP contribution in [0.2, 0.25) is 0 Å². The third kappa shape index (κ3) is 3.25. The summed E-state index contributed by atoms with van der Waals surface area (Å²) < 4.78 is 0. The van der Waals surface area contributed by atoms with Crippen LogP contribution in [-0.4, -0.2) is 32.3 Å². The predicted octanol–water partition coefficient (Wildman–Crippen LogP) is 0.827. The summed E-state index contributed by atoms with van der Waals surface area (Å²) in [6.45, 7) is 2.90. The van der Waals surface area contributed by atoms with Crippen molar-refractivity contribution >= 4 is 5.91 Å². The van der Waals surface area contributed by atoms with Gasteiger partial charge in [-0.1, -0.05) is 6.07 Å². The first kappa shape index (κ1) is 12.9. The molecule has 0 bridgehead atoms. The topological polar surface area (TPSA) is 79.0 Å². The van der Waals surface area contributed by atoms with Gasteiger partial charge in [0.05, 0.1) is 6.20 Å². The van der Waals surface area contributed by atoms with Gasteiger partial charge in [-0.25, -0.2) is 4.98 Å². The molecule has 0 saturated heterocycles. The molecule has 6 nitrogen and oxygen atoms in total. The number of nitrogens with one attached hydrogen (secondary N) is 1. The molecule has 0 atom stereocenters. The van der Waals surface area contributed by atoms with Gasteiger partial charge >= 0.3 is 0 Å². The van der Waals surface area contributed by atoms with Crippen molar-refractivity contribution in [1.29, 1.82) is 0 Å². The molecule has 2 heterocycles. The summed E-state index contributed by atoms with van der Waals surface area (Å²) in [4.78, 5) is 35.1. The summed E-state index contributed by atoms with van der Waals surface area (Å²) in [7, 11) is 0. The van der Waals surface area contributed by atoms with Crippen molar-refractivity contribution in [3.8, 4) is 0 Å². The predicted molar refractivity (Wildman–Crippen MR) is 69.5 cm³/mol. The molecule has 0 saturated carbocycles. The molecule has 1 amide bonds. The van der Waals surface area contributed by atoms with Gasteiger partial charge in [-0.05, 0) is 18.6 Å². The van der Waals surface area contributed by atoms with Crippen LogP contribution < -0.4 is 5.56 Å². The maximum atomic E-state index is 12.2. The minimum absolute atomic E-state index is 0.220. The lowest BCUT2D eigenvalue weighted by Crippen LogP contribution is -2.31. The number of carbonyl (C=O) groups excluding carboxylic acids is 1. The van der Waals surface area contributed by atoms with Crippen molar-refractivity contribution in [3.63, 3.8) is 0 Å². The maximum absolute atomic E-state index is 12.2. The monoisotopic (exact) mass is 258 g/mol. The van der Waals surface area contributed by atoms with Gasteiger partial charge in [0.25, 0.3) is 11.5 Å². The molecule has 19 heavy (non-hydrogen) atoms. The number of nitrogens with zero attached hydrogens (tertiary/aromatic N) is 3. The molecule has 0 radical (unpaired) electrons. The highest BCUT2D eigenvalue weighted by atomic mass is 16.2. The summed E-state index contributed by atoms with van der Waals surface area (Å²) >= 11 is 0. The number of hydrogen-bond donors (Lipinski definition) is 1. The summed E-state index contributed by atoms with van der Waals surface area (Å²) in [6, 6.07) is 3.73. The second kappa shape index (κ2) is 5.90. The van der Waals surface area contributed by atoms with E-state index in [1.165, 1.54) is 6.20 Å². The van der Waals surface area contributed by atoms with Gasteiger partial charge in [0.15, 0.2) is 0 Å². The molecule has 0 aliphatic heterocycles. The SMILES string of the molecule is CCN(Cc1cccnc1)C(=O)c1c[nH]c(=O)cn1. The Morgan fingerprint density at radius 3 is 2.84 bits per heavy atom. The Hall–Kier alpha value is -2.50. The Kier molecular flexibility index (Phi) is 4.02. The van der Waals surface area contributed by atoms with Crippen LogP contribution in [0.3, 0.4) is 0 Å². The van der Waals surface area contributed by atoms with E-state index in [1.807, 2.05) is 19.1 Å². The maximum Gasteiger partial charge on any atom is 0.274 e. The zero-order chi connectivity index (χ0) is 13.7. The minimum atomic E-state index is -0.327. The molecule has 0 unspecified atom stereocenters. The molecular formula is C13H14N4O2.